The van der Waals surface area contributed by atoms with Gasteiger partial charge < -0.3 is 16.2 Å². The molecule has 1 aromatic rings. The number of carbonyl (C=O) groups excluding carboxylic acids is 1. The van der Waals surface area contributed by atoms with Crippen LogP contribution in [0.2, 0.25) is 0 Å². The Morgan fingerprint density at radius 2 is 2.24 bits per heavy atom. The summed E-state index contributed by atoms with van der Waals surface area (Å²) in [6, 6.07) is 2.83. The maximum atomic E-state index is 11.3. The first-order valence-electron chi connectivity index (χ1n) is 5.19. The molecule has 0 fully saturated rings. The van der Waals surface area contributed by atoms with E-state index in [-0.39, 0.29) is 24.1 Å². The lowest BCUT2D eigenvalue weighted by Gasteiger charge is -2.07. The van der Waals surface area contributed by atoms with Crippen LogP contribution in [-0.4, -0.2) is 28.0 Å². The standard InChI is InChI=1S/C11H15N3O3/c1-7(12)4-10(15)14-6-8-2-3-9(11(16)17)13-5-8/h2-3,5,7H,4,6,12H2,1H3,(H,14,15)(H,16,17). The molecule has 0 aliphatic heterocycles. The van der Waals surface area contributed by atoms with E-state index in [0.29, 0.717) is 6.54 Å². The van der Waals surface area contributed by atoms with Crippen molar-refractivity contribution in [2.75, 3.05) is 0 Å². The summed E-state index contributed by atoms with van der Waals surface area (Å²) < 4.78 is 0. The topological polar surface area (TPSA) is 105 Å². The van der Waals surface area contributed by atoms with Crippen LogP contribution in [0.5, 0.6) is 0 Å². The fraction of sp³-hybridized carbons (Fsp3) is 0.364. The average Bonchev–Trinajstić information content (AvgIpc) is 2.26. The summed E-state index contributed by atoms with van der Waals surface area (Å²) in [7, 11) is 0. The van der Waals surface area contributed by atoms with Gasteiger partial charge in [-0.2, -0.15) is 0 Å². The van der Waals surface area contributed by atoms with Gasteiger partial charge in [0.05, 0.1) is 0 Å². The summed E-state index contributed by atoms with van der Waals surface area (Å²) in [5, 5.41) is 11.3. The molecule has 0 aliphatic carbocycles. The van der Waals surface area contributed by atoms with Gasteiger partial charge in [0.25, 0.3) is 0 Å². The third-order valence-corrected chi connectivity index (χ3v) is 2.04. The monoisotopic (exact) mass is 237 g/mol. The first-order chi connectivity index (χ1) is 7.99. The molecular formula is C11H15N3O3. The van der Waals surface area contributed by atoms with E-state index in [2.05, 4.69) is 10.3 Å². The normalized spacial score (nSPS) is 11.9. The van der Waals surface area contributed by atoms with Crippen molar-refractivity contribution < 1.29 is 14.7 Å². The number of nitrogens with one attached hydrogen (secondary N) is 1. The molecular weight excluding hydrogens is 222 g/mol. The number of aromatic carboxylic acids is 1. The third-order valence-electron chi connectivity index (χ3n) is 2.04. The number of carboxylic acid groups (broad SMARTS) is 1. The molecule has 0 saturated carbocycles. The molecule has 1 aromatic heterocycles. The fourth-order valence-electron chi connectivity index (χ4n) is 1.22. The number of nitrogens with zero attached hydrogens (tertiary/aromatic N) is 1. The second-order valence-electron chi connectivity index (χ2n) is 3.81. The summed E-state index contributed by atoms with van der Waals surface area (Å²) in [6.45, 7) is 2.07. The van der Waals surface area contributed by atoms with E-state index in [4.69, 9.17) is 10.8 Å². The Hall–Kier alpha value is -1.95. The second kappa shape index (κ2) is 5.95. The Kier molecular flexibility index (Phi) is 4.59. The number of carboxylic acids is 1. The van der Waals surface area contributed by atoms with E-state index < -0.39 is 5.97 Å². The van der Waals surface area contributed by atoms with Crippen molar-refractivity contribution in [2.24, 2.45) is 5.73 Å². The van der Waals surface area contributed by atoms with E-state index in [9.17, 15) is 9.59 Å². The Morgan fingerprint density at radius 1 is 1.53 bits per heavy atom. The number of hydrogen-bond acceptors (Lipinski definition) is 4. The summed E-state index contributed by atoms with van der Waals surface area (Å²) in [5.41, 5.74) is 6.20. The highest BCUT2D eigenvalue weighted by molar-refractivity contribution is 5.85. The summed E-state index contributed by atoms with van der Waals surface area (Å²) in [4.78, 5) is 25.6. The maximum Gasteiger partial charge on any atom is 0.354 e. The lowest BCUT2D eigenvalue weighted by molar-refractivity contribution is -0.121. The van der Waals surface area contributed by atoms with Crippen LogP contribution in [0, 0.1) is 0 Å². The zero-order chi connectivity index (χ0) is 12.8. The van der Waals surface area contributed by atoms with Crippen molar-refractivity contribution in [3.05, 3.63) is 29.6 Å². The zero-order valence-electron chi connectivity index (χ0n) is 9.51. The minimum Gasteiger partial charge on any atom is -0.477 e. The first-order valence-corrected chi connectivity index (χ1v) is 5.19. The molecule has 6 nitrogen and oxygen atoms in total. The SMILES string of the molecule is CC(N)CC(=O)NCc1ccc(C(=O)O)nc1. The molecule has 4 N–H and O–H groups in total. The van der Waals surface area contributed by atoms with Gasteiger partial charge in [-0.25, -0.2) is 9.78 Å². The van der Waals surface area contributed by atoms with Gasteiger partial charge in [-0.3, -0.25) is 4.79 Å². The smallest absolute Gasteiger partial charge is 0.354 e. The predicted molar refractivity (Wildman–Crippen MR) is 61.3 cm³/mol. The van der Waals surface area contributed by atoms with Crippen LogP contribution in [0.4, 0.5) is 0 Å². The van der Waals surface area contributed by atoms with E-state index in [0.717, 1.165) is 5.56 Å². The highest BCUT2D eigenvalue weighted by atomic mass is 16.4. The number of carbonyl (C=O) groups is 2. The lowest BCUT2D eigenvalue weighted by atomic mass is 10.2. The predicted octanol–water partition coefficient (Wildman–Crippen LogP) is 0.133. The molecule has 92 valence electrons. The van der Waals surface area contributed by atoms with Gasteiger partial charge in [0.2, 0.25) is 5.91 Å². The van der Waals surface area contributed by atoms with Crippen LogP contribution in [0.1, 0.15) is 29.4 Å². The summed E-state index contributed by atoms with van der Waals surface area (Å²) in [5.74, 6) is -1.21. The van der Waals surface area contributed by atoms with Gasteiger partial charge in [-0.15, -0.1) is 0 Å². The van der Waals surface area contributed by atoms with Crippen molar-refractivity contribution in [3.63, 3.8) is 0 Å². The Bertz CT molecular complexity index is 401. The number of aromatic nitrogens is 1. The van der Waals surface area contributed by atoms with Gasteiger partial charge in [0.1, 0.15) is 5.69 Å². The number of pyridine rings is 1. The van der Waals surface area contributed by atoms with Crippen LogP contribution in [0.25, 0.3) is 0 Å². The molecule has 0 radical (unpaired) electrons. The number of amides is 1. The van der Waals surface area contributed by atoms with Crippen molar-refractivity contribution in [1.29, 1.82) is 0 Å². The number of nitrogens with two attached hydrogens (primary N) is 1. The Balaban J connectivity index is 2.47. The van der Waals surface area contributed by atoms with E-state index in [1.807, 2.05) is 0 Å². The molecule has 0 spiro atoms. The Labute approximate surface area is 98.8 Å². The van der Waals surface area contributed by atoms with Gasteiger partial charge in [0.15, 0.2) is 0 Å². The molecule has 0 aliphatic rings. The molecule has 6 heteroatoms. The van der Waals surface area contributed by atoms with Crippen LogP contribution >= 0.6 is 0 Å². The van der Waals surface area contributed by atoms with Crippen molar-refractivity contribution >= 4 is 11.9 Å². The molecule has 0 aromatic carbocycles. The molecule has 0 bridgehead atoms. The van der Waals surface area contributed by atoms with Gasteiger partial charge in [-0.05, 0) is 18.6 Å². The van der Waals surface area contributed by atoms with Crippen molar-refractivity contribution in [2.45, 2.75) is 25.9 Å². The molecule has 1 atom stereocenters. The molecule has 1 unspecified atom stereocenters. The quantitative estimate of drug-likeness (QED) is 0.675. The highest BCUT2D eigenvalue weighted by Gasteiger charge is 2.06. The van der Waals surface area contributed by atoms with Crippen molar-refractivity contribution in [3.8, 4) is 0 Å². The maximum absolute atomic E-state index is 11.3. The van der Waals surface area contributed by atoms with E-state index >= 15 is 0 Å². The third kappa shape index (κ3) is 4.60. The largest absolute Gasteiger partial charge is 0.477 e. The zero-order valence-corrected chi connectivity index (χ0v) is 9.51. The summed E-state index contributed by atoms with van der Waals surface area (Å²) >= 11 is 0. The van der Waals surface area contributed by atoms with E-state index in [1.54, 1.807) is 13.0 Å². The van der Waals surface area contributed by atoms with E-state index in [1.165, 1.54) is 12.3 Å². The molecule has 17 heavy (non-hydrogen) atoms. The Morgan fingerprint density at radius 3 is 2.71 bits per heavy atom. The average molecular weight is 237 g/mol. The first kappa shape index (κ1) is 13.1. The van der Waals surface area contributed by atoms with Crippen LogP contribution in [-0.2, 0) is 11.3 Å². The number of hydrogen-bond donors (Lipinski definition) is 3. The van der Waals surface area contributed by atoms with Crippen molar-refractivity contribution in [1.82, 2.24) is 10.3 Å². The van der Waals surface area contributed by atoms with Gasteiger partial charge in [-0.1, -0.05) is 6.07 Å². The van der Waals surface area contributed by atoms with Crippen LogP contribution in [0.3, 0.4) is 0 Å². The fourth-order valence-corrected chi connectivity index (χ4v) is 1.22. The molecule has 1 amide bonds. The van der Waals surface area contributed by atoms with Gasteiger partial charge >= 0.3 is 5.97 Å². The molecule has 0 saturated heterocycles. The number of rotatable bonds is 5. The lowest BCUT2D eigenvalue weighted by Crippen LogP contribution is -2.29. The van der Waals surface area contributed by atoms with Crippen LogP contribution < -0.4 is 11.1 Å². The van der Waals surface area contributed by atoms with Gasteiger partial charge in [0, 0.05) is 25.2 Å². The molecule has 1 rings (SSSR count). The summed E-state index contributed by atoms with van der Waals surface area (Å²) in [6.07, 6.45) is 1.69. The minimum absolute atomic E-state index is 0.0179. The molecule has 1 heterocycles. The highest BCUT2D eigenvalue weighted by Crippen LogP contribution is 2.00. The van der Waals surface area contributed by atoms with Crippen LogP contribution in [0.15, 0.2) is 18.3 Å². The minimum atomic E-state index is -1.07. The second-order valence-corrected chi connectivity index (χ2v) is 3.81.